The van der Waals surface area contributed by atoms with Crippen molar-refractivity contribution < 1.29 is 13.9 Å². The molecule has 2 aromatic carbocycles. The third-order valence-corrected chi connectivity index (χ3v) is 3.74. The number of carbonyl (C=O) groups excluding carboxylic acids is 1. The van der Waals surface area contributed by atoms with E-state index in [0.717, 1.165) is 5.56 Å². The van der Waals surface area contributed by atoms with Crippen LogP contribution in [-0.4, -0.2) is 13.0 Å². The van der Waals surface area contributed by atoms with Crippen molar-refractivity contribution in [2.24, 2.45) is 0 Å². The number of hydrogen-bond donors (Lipinski definition) is 1. The lowest BCUT2D eigenvalue weighted by Gasteiger charge is -2.17. The molecule has 3 nitrogen and oxygen atoms in total. The highest BCUT2D eigenvalue weighted by Gasteiger charge is 2.16. The first kappa shape index (κ1) is 16.3. The molecule has 1 amide bonds. The number of halogens is 2. The first-order valence-electron chi connectivity index (χ1n) is 6.88. The number of amides is 1. The molecule has 1 atom stereocenters. The van der Waals surface area contributed by atoms with E-state index in [4.69, 9.17) is 16.3 Å². The molecule has 0 aliphatic carbocycles. The number of carbonyl (C=O) groups is 1. The van der Waals surface area contributed by atoms with Crippen LogP contribution < -0.4 is 10.1 Å². The Morgan fingerprint density at radius 3 is 2.68 bits per heavy atom. The fraction of sp³-hybridized carbons (Fsp3) is 0.235. The zero-order valence-electron chi connectivity index (χ0n) is 12.4. The molecule has 0 fully saturated rings. The summed E-state index contributed by atoms with van der Waals surface area (Å²) in [7, 11) is 1.58. The Labute approximate surface area is 134 Å². The molecule has 0 aliphatic heterocycles. The highest BCUT2D eigenvalue weighted by Crippen LogP contribution is 2.25. The second kappa shape index (κ2) is 7.27. The van der Waals surface area contributed by atoms with Gasteiger partial charge < -0.3 is 10.1 Å². The molecule has 22 heavy (non-hydrogen) atoms. The van der Waals surface area contributed by atoms with E-state index in [9.17, 15) is 9.18 Å². The summed E-state index contributed by atoms with van der Waals surface area (Å²) in [6, 6.07) is 11.5. The lowest BCUT2D eigenvalue weighted by Crippen LogP contribution is -2.28. The summed E-state index contributed by atoms with van der Waals surface area (Å²) >= 11 is 5.93. The van der Waals surface area contributed by atoms with Crippen molar-refractivity contribution in [1.29, 1.82) is 0 Å². The third kappa shape index (κ3) is 3.77. The Kier molecular flexibility index (Phi) is 5.39. The zero-order valence-corrected chi connectivity index (χ0v) is 13.2. The summed E-state index contributed by atoms with van der Waals surface area (Å²) < 4.78 is 19.0. The van der Waals surface area contributed by atoms with Crippen LogP contribution in [0.15, 0.2) is 42.5 Å². The average molecular weight is 322 g/mol. The predicted molar refractivity (Wildman–Crippen MR) is 84.7 cm³/mol. The Bertz CT molecular complexity index is 655. The third-order valence-electron chi connectivity index (χ3n) is 3.38. The van der Waals surface area contributed by atoms with Gasteiger partial charge in [-0.05, 0) is 25.1 Å². The SMILES string of the molecule is COc1ccccc1[C@H](C)NC(=O)Cc1c(F)cccc1Cl. The smallest absolute Gasteiger partial charge is 0.225 e. The molecule has 5 heteroatoms. The molecule has 0 heterocycles. The molecular weight excluding hydrogens is 305 g/mol. The number of nitrogens with one attached hydrogen (secondary N) is 1. The molecule has 0 aliphatic rings. The molecule has 0 saturated carbocycles. The molecule has 1 N–H and O–H groups in total. The van der Waals surface area contributed by atoms with Gasteiger partial charge in [0.1, 0.15) is 11.6 Å². The van der Waals surface area contributed by atoms with Crippen molar-refractivity contribution in [2.75, 3.05) is 7.11 Å². The molecule has 0 aromatic heterocycles. The number of para-hydroxylation sites is 1. The van der Waals surface area contributed by atoms with Crippen LogP contribution in [0.25, 0.3) is 0 Å². The topological polar surface area (TPSA) is 38.3 Å². The van der Waals surface area contributed by atoms with Crippen molar-refractivity contribution >= 4 is 17.5 Å². The van der Waals surface area contributed by atoms with E-state index < -0.39 is 5.82 Å². The molecular formula is C17H17ClFNO2. The van der Waals surface area contributed by atoms with Gasteiger partial charge >= 0.3 is 0 Å². The van der Waals surface area contributed by atoms with Crippen LogP contribution in [-0.2, 0) is 11.2 Å². The summed E-state index contributed by atoms with van der Waals surface area (Å²) in [5.41, 5.74) is 1.06. The number of ether oxygens (including phenoxy) is 1. The molecule has 2 aromatic rings. The van der Waals surface area contributed by atoms with E-state index in [2.05, 4.69) is 5.32 Å². The lowest BCUT2D eigenvalue weighted by atomic mass is 10.1. The van der Waals surface area contributed by atoms with E-state index in [-0.39, 0.29) is 29.0 Å². The normalized spacial score (nSPS) is 11.8. The first-order valence-corrected chi connectivity index (χ1v) is 7.26. The largest absolute Gasteiger partial charge is 0.496 e. The number of benzene rings is 2. The van der Waals surface area contributed by atoms with Gasteiger partial charge in [0.2, 0.25) is 5.91 Å². The summed E-state index contributed by atoms with van der Waals surface area (Å²) in [4.78, 5) is 12.1. The molecule has 0 radical (unpaired) electrons. The van der Waals surface area contributed by atoms with Crippen molar-refractivity contribution in [3.63, 3.8) is 0 Å². The maximum atomic E-state index is 13.7. The summed E-state index contributed by atoms with van der Waals surface area (Å²) in [5.74, 6) is -0.0859. The fourth-order valence-corrected chi connectivity index (χ4v) is 2.49. The van der Waals surface area contributed by atoms with Crippen molar-refractivity contribution in [3.05, 3.63) is 64.4 Å². The fourth-order valence-electron chi connectivity index (χ4n) is 2.26. The minimum absolute atomic E-state index is 0.106. The number of hydrogen-bond acceptors (Lipinski definition) is 2. The van der Waals surface area contributed by atoms with E-state index >= 15 is 0 Å². The molecule has 0 unspecified atom stereocenters. The molecule has 0 bridgehead atoms. The second-order valence-electron chi connectivity index (χ2n) is 4.91. The maximum Gasteiger partial charge on any atom is 0.225 e. The predicted octanol–water partition coefficient (Wildman–Crippen LogP) is 3.91. The van der Waals surface area contributed by atoms with Crippen LogP contribution in [0.4, 0.5) is 4.39 Å². The number of rotatable bonds is 5. The van der Waals surface area contributed by atoms with Gasteiger partial charge in [-0.2, -0.15) is 0 Å². The van der Waals surface area contributed by atoms with Gasteiger partial charge in [0.15, 0.2) is 0 Å². The van der Waals surface area contributed by atoms with Gasteiger partial charge in [0.25, 0.3) is 0 Å². The van der Waals surface area contributed by atoms with Crippen molar-refractivity contribution in [3.8, 4) is 5.75 Å². The van der Waals surface area contributed by atoms with E-state index in [0.29, 0.717) is 5.75 Å². The van der Waals surface area contributed by atoms with Gasteiger partial charge in [-0.3, -0.25) is 4.79 Å². The summed E-state index contributed by atoms with van der Waals surface area (Å²) in [6.07, 6.45) is -0.106. The second-order valence-corrected chi connectivity index (χ2v) is 5.32. The quantitative estimate of drug-likeness (QED) is 0.906. The Morgan fingerprint density at radius 2 is 2.00 bits per heavy atom. The number of methoxy groups -OCH3 is 1. The van der Waals surface area contributed by atoms with Crippen LogP contribution in [0.3, 0.4) is 0 Å². The highest BCUT2D eigenvalue weighted by atomic mass is 35.5. The van der Waals surface area contributed by atoms with Crippen LogP contribution >= 0.6 is 11.6 Å². The van der Waals surface area contributed by atoms with Crippen LogP contribution in [0, 0.1) is 5.82 Å². The minimum atomic E-state index is -0.479. The molecule has 0 saturated heterocycles. The van der Waals surface area contributed by atoms with Gasteiger partial charge in [-0.25, -0.2) is 4.39 Å². The first-order chi connectivity index (χ1) is 10.5. The van der Waals surface area contributed by atoms with Gasteiger partial charge in [0, 0.05) is 16.1 Å². The van der Waals surface area contributed by atoms with Crippen LogP contribution in [0.5, 0.6) is 5.75 Å². The molecule has 0 spiro atoms. The Balaban J connectivity index is 2.09. The molecule has 2 rings (SSSR count). The van der Waals surface area contributed by atoms with E-state index in [1.807, 2.05) is 31.2 Å². The van der Waals surface area contributed by atoms with Crippen LogP contribution in [0.1, 0.15) is 24.1 Å². The summed E-state index contributed by atoms with van der Waals surface area (Å²) in [5, 5.41) is 3.08. The van der Waals surface area contributed by atoms with Gasteiger partial charge in [-0.15, -0.1) is 0 Å². The maximum absolute atomic E-state index is 13.7. The Hall–Kier alpha value is -2.07. The monoisotopic (exact) mass is 321 g/mol. The highest BCUT2D eigenvalue weighted by molar-refractivity contribution is 6.31. The van der Waals surface area contributed by atoms with Crippen LogP contribution in [0.2, 0.25) is 5.02 Å². The van der Waals surface area contributed by atoms with Gasteiger partial charge in [-0.1, -0.05) is 35.9 Å². The average Bonchev–Trinajstić information content (AvgIpc) is 2.51. The van der Waals surface area contributed by atoms with E-state index in [1.54, 1.807) is 13.2 Å². The minimum Gasteiger partial charge on any atom is -0.496 e. The lowest BCUT2D eigenvalue weighted by molar-refractivity contribution is -0.121. The van der Waals surface area contributed by atoms with Crippen molar-refractivity contribution in [2.45, 2.75) is 19.4 Å². The van der Waals surface area contributed by atoms with Gasteiger partial charge in [0.05, 0.1) is 19.6 Å². The Morgan fingerprint density at radius 1 is 1.27 bits per heavy atom. The van der Waals surface area contributed by atoms with Crippen molar-refractivity contribution in [1.82, 2.24) is 5.32 Å². The summed E-state index contributed by atoms with van der Waals surface area (Å²) in [6.45, 7) is 1.85. The standard InChI is InChI=1S/C17H17ClFNO2/c1-11(12-6-3-4-9-16(12)22-2)20-17(21)10-13-14(18)7-5-8-15(13)19/h3-9,11H,10H2,1-2H3,(H,20,21)/t11-/m0/s1. The van der Waals surface area contributed by atoms with E-state index in [1.165, 1.54) is 12.1 Å². The zero-order chi connectivity index (χ0) is 16.1. The molecule has 116 valence electrons.